The zero-order valence-electron chi connectivity index (χ0n) is 19.9. The van der Waals surface area contributed by atoms with Gasteiger partial charge in [0.1, 0.15) is 10.7 Å². The maximum Gasteiger partial charge on any atom is 0.416 e. The molecular formula is C25H29ClF3N5O. The number of hydrogen-bond acceptors (Lipinski definition) is 5. The molecule has 2 unspecified atom stereocenters. The third-order valence-electron chi connectivity index (χ3n) is 6.89. The molecule has 1 fully saturated rings. The Morgan fingerprint density at radius 3 is 2.31 bits per heavy atom. The highest BCUT2D eigenvalue weighted by molar-refractivity contribution is 6.29. The van der Waals surface area contributed by atoms with E-state index in [1.807, 2.05) is 0 Å². The number of fused-ring (bicyclic) bond motifs is 1. The van der Waals surface area contributed by atoms with Crippen molar-refractivity contribution in [1.29, 1.82) is 0 Å². The maximum absolute atomic E-state index is 13.1. The number of anilines is 1. The van der Waals surface area contributed by atoms with Gasteiger partial charge in [-0.15, -0.1) is 0 Å². The van der Waals surface area contributed by atoms with Crippen molar-refractivity contribution in [2.75, 3.05) is 18.0 Å². The van der Waals surface area contributed by atoms with E-state index in [-0.39, 0.29) is 18.1 Å². The molecule has 35 heavy (non-hydrogen) atoms. The lowest BCUT2D eigenvalue weighted by Gasteiger charge is -2.49. The van der Waals surface area contributed by atoms with E-state index in [0.717, 1.165) is 37.0 Å². The predicted octanol–water partition coefficient (Wildman–Crippen LogP) is 5.82. The number of aromatic amines is 1. The van der Waals surface area contributed by atoms with Crippen LogP contribution in [0.1, 0.15) is 57.2 Å². The first-order chi connectivity index (χ1) is 16.7. The standard InChI is InChI=1S/C25H29ClF3N5O/c1-4-17-14-34(23-22-19(30-24(35)32-23)11-12-21(26)31-22)18(5-2)13-33(17)20(6-3)15-7-9-16(10-8-15)25(27,28)29/h7-12,17-18,20H,4-6,13-14H2,1-3H3,(H,30,32,35)/t17-,18?,20?/m1/s1. The molecule has 1 aliphatic rings. The van der Waals surface area contributed by atoms with Crippen LogP contribution in [-0.2, 0) is 6.18 Å². The molecule has 0 aliphatic carbocycles. The predicted molar refractivity (Wildman–Crippen MR) is 132 cm³/mol. The quantitative estimate of drug-likeness (QED) is 0.426. The van der Waals surface area contributed by atoms with Crippen LogP contribution in [0.5, 0.6) is 0 Å². The maximum atomic E-state index is 13.1. The molecule has 188 valence electrons. The number of halogens is 4. The Bertz CT molecular complexity index is 1230. The average Bonchev–Trinajstić information content (AvgIpc) is 2.83. The summed E-state index contributed by atoms with van der Waals surface area (Å²) in [6.07, 6.45) is -1.96. The molecule has 2 aromatic heterocycles. The third-order valence-corrected chi connectivity index (χ3v) is 7.10. The SMILES string of the molecule is CCC1CN(C(CC)c2ccc(C(F)(F)F)cc2)[C@H](CC)CN1c1nc(=O)[nH]c2ccc(Cl)nc12. The summed E-state index contributed by atoms with van der Waals surface area (Å²) >= 11 is 6.16. The van der Waals surface area contributed by atoms with Gasteiger partial charge in [0.2, 0.25) is 0 Å². The smallest absolute Gasteiger partial charge is 0.349 e. The number of pyridine rings is 1. The van der Waals surface area contributed by atoms with Gasteiger partial charge in [0.05, 0.1) is 11.1 Å². The Morgan fingerprint density at radius 1 is 1.03 bits per heavy atom. The molecule has 0 saturated carbocycles. The molecule has 4 rings (SSSR count). The van der Waals surface area contributed by atoms with Crippen LogP contribution in [-0.4, -0.2) is 45.0 Å². The van der Waals surface area contributed by atoms with Crippen molar-refractivity contribution in [2.24, 2.45) is 0 Å². The lowest BCUT2D eigenvalue weighted by atomic mass is 9.94. The molecule has 1 saturated heterocycles. The van der Waals surface area contributed by atoms with E-state index in [1.54, 1.807) is 24.3 Å². The zero-order valence-corrected chi connectivity index (χ0v) is 20.7. The number of H-pyrrole nitrogens is 1. The van der Waals surface area contributed by atoms with Gasteiger partial charge < -0.3 is 9.88 Å². The van der Waals surface area contributed by atoms with Crippen molar-refractivity contribution < 1.29 is 13.2 Å². The van der Waals surface area contributed by atoms with Gasteiger partial charge in [0.15, 0.2) is 5.82 Å². The minimum absolute atomic E-state index is 0.0186. The molecule has 1 N–H and O–H groups in total. The van der Waals surface area contributed by atoms with Crippen LogP contribution < -0.4 is 10.6 Å². The van der Waals surface area contributed by atoms with Crippen LogP contribution in [0.15, 0.2) is 41.2 Å². The molecule has 1 aliphatic heterocycles. The lowest BCUT2D eigenvalue weighted by molar-refractivity contribution is -0.137. The summed E-state index contributed by atoms with van der Waals surface area (Å²) in [5, 5.41) is 0.319. The Labute approximate surface area is 207 Å². The van der Waals surface area contributed by atoms with Crippen molar-refractivity contribution in [3.63, 3.8) is 0 Å². The van der Waals surface area contributed by atoms with E-state index in [9.17, 15) is 18.0 Å². The first-order valence-electron chi connectivity index (χ1n) is 11.9. The van der Waals surface area contributed by atoms with E-state index in [0.29, 0.717) is 35.1 Å². The van der Waals surface area contributed by atoms with E-state index in [4.69, 9.17) is 11.6 Å². The number of nitrogens with one attached hydrogen (secondary N) is 1. The Hall–Kier alpha value is -2.65. The van der Waals surface area contributed by atoms with Crippen molar-refractivity contribution >= 4 is 28.5 Å². The Kier molecular flexibility index (Phi) is 7.38. The largest absolute Gasteiger partial charge is 0.416 e. The molecule has 0 amide bonds. The zero-order chi connectivity index (χ0) is 25.3. The van der Waals surface area contributed by atoms with Crippen molar-refractivity contribution in [3.05, 3.63) is 63.2 Å². The van der Waals surface area contributed by atoms with Crippen LogP contribution in [0.2, 0.25) is 5.15 Å². The molecule has 3 atom stereocenters. The van der Waals surface area contributed by atoms with Gasteiger partial charge >= 0.3 is 11.9 Å². The summed E-state index contributed by atoms with van der Waals surface area (Å²) < 4.78 is 39.2. The topological polar surface area (TPSA) is 65.1 Å². The van der Waals surface area contributed by atoms with E-state index < -0.39 is 17.4 Å². The highest BCUT2D eigenvalue weighted by Crippen LogP contribution is 2.36. The fourth-order valence-electron chi connectivity index (χ4n) is 5.08. The number of alkyl halides is 3. The summed E-state index contributed by atoms with van der Waals surface area (Å²) in [6.45, 7) is 7.54. The monoisotopic (exact) mass is 507 g/mol. The van der Waals surface area contributed by atoms with E-state index in [2.05, 4.69) is 45.5 Å². The lowest BCUT2D eigenvalue weighted by Crippen LogP contribution is -2.59. The van der Waals surface area contributed by atoms with Gasteiger partial charge in [-0.05, 0) is 49.1 Å². The van der Waals surface area contributed by atoms with Gasteiger partial charge in [-0.2, -0.15) is 18.2 Å². The number of hydrogen-bond donors (Lipinski definition) is 1. The normalized spacial score (nSPS) is 20.4. The number of rotatable bonds is 6. The minimum atomic E-state index is -4.36. The van der Waals surface area contributed by atoms with Gasteiger partial charge in [0, 0.05) is 31.2 Å². The van der Waals surface area contributed by atoms with Crippen LogP contribution in [0, 0.1) is 0 Å². The van der Waals surface area contributed by atoms with E-state index >= 15 is 0 Å². The van der Waals surface area contributed by atoms with Crippen molar-refractivity contribution in [2.45, 2.75) is 64.3 Å². The van der Waals surface area contributed by atoms with E-state index in [1.165, 1.54) is 0 Å². The summed E-state index contributed by atoms with van der Waals surface area (Å²) in [6, 6.07) is 8.99. The second-order valence-electron chi connectivity index (χ2n) is 8.91. The number of piperazine rings is 1. The molecule has 10 heteroatoms. The number of aromatic nitrogens is 3. The molecule has 0 radical (unpaired) electrons. The molecule has 1 aromatic carbocycles. The highest BCUT2D eigenvalue weighted by Gasteiger charge is 2.38. The average molecular weight is 508 g/mol. The Morgan fingerprint density at radius 2 is 1.71 bits per heavy atom. The first kappa shape index (κ1) is 25.4. The van der Waals surface area contributed by atoms with Gasteiger partial charge in [0.25, 0.3) is 0 Å². The van der Waals surface area contributed by atoms with Crippen LogP contribution >= 0.6 is 11.6 Å². The van der Waals surface area contributed by atoms with Crippen LogP contribution in [0.25, 0.3) is 11.0 Å². The van der Waals surface area contributed by atoms with Crippen LogP contribution in [0.4, 0.5) is 19.0 Å². The summed E-state index contributed by atoms with van der Waals surface area (Å²) in [5.41, 5.74) is 0.908. The number of nitrogens with zero attached hydrogens (tertiary/aromatic N) is 4. The van der Waals surface area contributed by atoms with Crippen molar-refractivity contribution in [1.82, 2.24) is 19.9 Å². The molecule has 3 aromatic rings. The van der Waals surface area contributed by atoms with Crippen LogP contribution in [0.3, 0.4) is 0 Å². The molecule has 6 nitrogen and oxygen atoms in total. The fourth-order valence-corrected chi connectivity index (χ4v) is 5.23. The minimum Gasteiger partial charge on any atom is -0.349 e. The first-order valence-corrected chi connectivity index (χ1v) is 12.3. The summed E-state index contributed by atoms with van der Waals surface area (Å²) in [5.74, 6) is 0.513. The Balaban J connectivity index is 1.69. The van der Waals surface area contributed by atoms with Gasteiger partial charge in [-0.1, -0.05) is 44.5 Å². The summed E-state index contributed by atoms with van der Waals surface area (Å²) in [7, 11) is 0. The summed E-state index contributed by atoms with van der Waals surface area (Å²) in [4.78, 5) is 28.3. The molecule has 0 bridgehead atoms. The fraction of sp³-hybridized carbons (Fsp3) is 0.480. The molecular weight excluding hydrogens is 479 g/mol. The second kappa shape index (κ2) is 10.1. The van der Waals surface area contributed by atoms with Crippen molar-refractivity contribution in [3.8, 4) is 0 Å². The second-order valence-corrected chi connectivity index (χ2v) is 9.30. The molecule has 0 spiro atoms. The highest BCUT2D eigenvalue weighted by atomic mass is 35.5. The molecule has 3 heterocycles. The van der Waals surface area contributed by atoms with Gasteiger partial charge in [-0.3, -0.25) is 4.90 Å². The third kappa shape index (κ3) is 5.16. The number of benzene rings is 1. The van der Waals surface area contributed by atoms with Gasteiger partial charge in [-0.25, -0.2) is 9.78 Å².